The lowest BCUT2D eigenvalue weighted by Gasteiger charge is -2.30. The molecule has 7 heteroatoms. The molecule has 0 aliphatic carbocycles. The first-order valence-electron chi connectivity index (χ1n) is 6.91. The van der Waals surface area contributed by atoms with E-state index in [0.29, 0.717) is 12.2 Å². The van der Waals surface area contributed by atoms with E-state index in [1.165, 1.54) is 18.2 Å². The van der Waals surface area contributed by atoms with Gasteiger partial charge in [-0.3, -0.25) is 24.2 Å². The molecule has 1 amide bonds. The first-order valence-corrected chi connectivity index (χ1v) is 6.91. The smallest absolute Gasteiger partial charge is 0.271 e. The van der Waals surface area contributed by atoms with Gasteiger partial charge < -0.3 is 5.32 Å². The van der Waals surface area contributed by atoms with E-state index in [2.05, 4.69) is 5.32 Å². The van der Waals surface area contributed by atoms with Crippen LogP contribution in [0.3, 0.4) is 0 Å². The zero-order valence-electron chi connectivity index (χ0n) is 11.6. The number of alkyl halides is 1. The molecule has 1 aromatic rings. The van der Waals surface area contributed by atoms with Crippen molar-refractivity contribution in [3.8, 4) is 0 Å². The number of nitro groups is 1. The Morgan fingerprint density at radius 2 is 2.33 bits per heavy atom. The van der Waals surface area contributed by atoms with Crippen LogP contribution in [0, 0.1) is 16.0 Å². The predicted octanol–water partition coefficient (Wildman–Crippen LogP) is 2.21. The quantitative estimate of drug-likeness (QED) is 0.667. The summed E-state index contributed by atoms with van der Waals surface area (Å²) in [4.78, 5) is 24.0. The second-order valence-electron chi connectivity index (χ2n) is 5.25. The third kappa shape index (κ3) is 4.49. The summed E-state index contributed by atoms with van der Waals surface area (Å²) in [7, 11) is 0. The second-order valence-corrected chi connectivity index (χ2v) is 5.25. The number of benzene rings is 1. The van der Waals surface area contributed by atoms with Crippen molar-refractivity contribution in [2.24, 2.45) is 5.92 Å². The number of likely N-dealkylation sites (tertiary alicyclic amines) is 1. The number of carbonyl (C=O) groups is 1. The number of hydrogen-bond acceptors (Lipinski definition) is 4. The molecule has 2 rings (SSSR count). The van der Waals surface area contributed by atoms with E-state index >= 15 is 0 Å². The number of amides is 1. The Labute approximate surface area is 122 Å². The highest BCUT2D eigenvalue weighted by Gasteiger charge is 2.21. The van der Waals surface area contributed by atoms with Crippen LogP contribution >= 0.6 is 0 Å². The average molecular weight is 295 g/mol. The summed E-state index contributed by atoms with van der Waals surface area (Å²) in [6.07, 6.45) is 1.75. The zero-order chi connectivity index (χ0) is 15.2. The summed E-state index contributed by atoms with van der Waals surface area (Å²) in [5.41, 5.74) is 0.330. The Kier molecular flexibility index (Phi) is 5.21. The van der Waals surface area contributed by atoms with E-state index in [9.17, 15) is 19.3 Å². The van der Waals surface area contributed by atoms with Crippen molar-refractivity contribution in [2.45, 2.75) is 12.8 Å². The lowest BCUT2D eigenvalue weighted by molar-refractivity contribution is -0.384. The fourth-order valence-electron chi connectivity index (χ4n) is 2.52. The fourth-order valence-corrected chi connectivity index (χ4v) is 2.52. The van der Waals surface area contributed by atoms with Crippen molar-refractivity contribution in [1.29, 1.82) is 0 Å². The molecular weight excluding hydrogens is 277 g/mol. The summed E-state index contributed by atoms with van der Waals surface area (Å²) in [5, 5.41) is 13.3. The van der Waals surface area contributed by atoms with Gasteiger partial charge in [-0.05, 0) is 25.5 Å². The molecule has 6 nitrogen and oxygen atoms in total. The molecule has 1 aromatic carbocycles. The standard InChI is InChI=1S/C14H18FN3O3/c15-8-11-3-2-6-17(9-11)10-14(19)16-12-4-1-5-13(7-12)18(20)21/h1,4-5,7,11H,2-3,6,8-10H2,(H,16,19). The highest BCUT2D eigenvalue weighted by molar-refractivity contribution is 5.92. The van der Waals surface area contributed by atoms with Gasteiger partial charge in [0.05, 0.1) is 18.1 Å². The largest absolute Gasteiger partial charge is 0.325 e. The van der Waals surface area contributed by atoms with Crippen molar-refractivity contribution < 1.29 is 14.1 Å². The molecule has 0 bridgehead atoms. The average Bonchev–Trinajstić information content (AvgIpc) is 2.47. The van der Waals surface area contributed by atoms with Crippen molar-refractivity contribution in [1.82, 2.24) is 4.90 Å². The van der Waals surface area contributed by atoms with Crippen LogP contribution < -0.4 is 5.32 Å². The molecule has 0 saturated carbocycles. The molecule has 1 aliphatic heterocycles. The summed E-state index contributed by atoms with van der Waals surface area (Å²) < 4.78 is 12.7. The Morgan fingerprint density at radius 3 is 3.05 bits per heavy atom. The van der Waals surface area contributed by atoms with Crippen LogP contribution in [0.15, 0.2) is 24.3 Å². The van der Waals surface area contributed by atoms with Crippen LogP contribution in [0.5, 0.6) is 0 Å². The van der Waals surface area contributed by atoms with Crippen LogP contribution in [-0.2, 0) is 4.79 Å². The second kappa shape index (κ2) is 7.12. The van der Waals surface area contributed by atoms with Crippen LogP contribution in [-0.4, -0.2) is 42.0 Å². The van der Waals surface area contributed by atoms with Crippen molar-refractivity contribution in [3.05, 3.63) is 34.4 Å². The third-order valence-electron chi connectivity index (χ3n) is 3.53. The van der Waals surface area contributed by atoms with Gasteiger partial charge >= 0.3 is 0 Å². The van der Waals surface area contributed by atoms with E-state index < -0.39 is 4.92 Å². The number of nitrogens with one attached hydrogen (secondary N) is 1. The van der Waals surface area contributed by atoms with Gasteiger partial charge in [-0.1, -0.05) is 6.07 Å². The molecule has 1 heterocycles. The number of nitro benzene ring substituents is 1. The lowest BCUT2D eigenvalue weighted by Crippen LogP contribution is -2.41. The highest BCUT2D eigenvalue weighted by atomic mass is 19.1. The van der Waals surface area contributed by atoms with E-state index in [1.54, 1.807) is 6.07 Å². The molecule has 1 N–H and O–H groups in total. The Balaban J connectivity index is 1.89. The maximum atomic E-state index is 12.7. The van der Waals surface area contributed by atoms with Gasteiger partial charge in [0.25, 0.3) is 5.69 Å². The molecule has 114 valence electrons. The Morgan fingerprint density at radius 1 is 1.52 bits per heavy atom. The summed E-state index contributed by atoms with van der Waals surface area (Å²) in [5.74, 6) is -0.237. The molecule has 21 heavy (non-hydrogen) atoms. The fraction of sp³-hybridized carbons (Fsp3) is 0.500. The molecular formula is C14H18FN3O3. The van der Waals surface area contributed by atoms with Crippen LogP contribution in [0.2, 0.25) is 0 Å². The van der Waals surface area contributed by atoms with Crippen LogP contribution in [0.4, 0.5) is 15.8 Å². The van der Waals surface area contributed by atoms with E-state index in [0.717, 1.165) is 19.4 Å². The first-order chi connectivity index (χ1) is 10.1. The summed E-state index contributed by atoms with van der Waals surface area (Å²) >= 11 is 0. The molecule has 1 aliphatic rings. The molecule has 1 fully saturated rings. The SMILES string of the molecule is O=C(CN1CCCC(CF)C1)Nc1cccc([N+](=O)[O-])c1. The minimum atomic E-state index is -0.508. The molecule has 0 aromatic heterocycles. The van der Waals surface area contributed by atoms with Gasteiger partial charge in [-0.25, -0.2) is 0 Å². The zero-order valence-corrected chi connectivity index (χ0v) is 11.6. The maximum absolute atomic E-state index is 12.7. The van der Waals surface area contributed by atoms with Crippen LogP contribution in [0.25, 0.3) is 0 Å². The highest BCUT2D eigenvalue weighted by Crippen LogP contribution is 2.18. The van der Waals surface area contributed by atoms with Crippen molar-refractivity contribution >= 4 is 17.3 Å². The van der Waals surface area contributed by atoms with Crippen molar-refractivity contribution in [2.75, 3.05) is 31.6 Å². The number of nitrogens with zero attached hydrogens (tertiary/aromatic N) is 2. The lowest BCUT2D eigenvalue weighted by atomic mass is 9.99. The normalized spacial score (nSPS) is 19.2. The van der Waals surface area contributed by atoms with E-state index in [4.69, 9.17) is 0 Å². The van der Waals surface area contributed by atoms with Crippen LogP contribution in [0.1, 0.15) is 12.8 Å². The van der Waals surface area contributed by atoms with Gasteiger partial charge in [0.2, 0.25) is 5.91 Å². The molecule has 1 saturated heterocycles. The van der Waals surface area contributed by atoms with E-state index in [1.807, 2.05) is 4.90 Å². The topological polar surface area (TPSA) is 75.5 Å². The first kappa shape index (κ1) is 15.4. The number of anilines is 1. The predicted molar refractivity (Wildman–Crippen MR) is 76.9 cm³/mol. The number of carbonyl (C=O) groups excluding carboxylic acids is 1. The molecule has 0 radical (unpaired) electrons. The van der Waals surface area contributed by atoms with Crippen molar-refractivity contribution in [3.63, 3.8) is 0 Å². The van der Waals surface area contributed by atoms with Gasteiger partial charge in [0.15, 0.2) is 0 Å². The van der Waals surface area contributed by atoms with Gasteiger partial charge in [-0.15, -0.1) is 0 Å². The van der Waals surface area contributed by atoms with Gasteiger partial charge in [0.1, 0.15) is 0 Å². The van der Waals surface area contributed by atoms with E-state index in [-0.39, 0.29) is 30.7 Å². The number of hydrogen-bond donors (Lipinski definition) is 1. The Hall–Kier alpha value is -2.02. The number of rotatable bonds is 5. The Bertz CT molecular complexity index is 524. The number of halogens is 1. The third-order valence-corrected chi connectivity index (χ3v) is 3.53. The summed E-state index contributed by atoms with van der Waals surface area (Å²) in [6, 6.07) is 5.81. The minimum Gasteiger partial charge on any atom is -0.325 e. The monoisotopic (exact) mass is 295 g/mol. The van der Waals surface area contributed by atoms with Gasteiger partial charge in [0, 0.05) is 30.3 Å². The molecule has 1 atom stereocenters. The maximum Gasteiger partial charge on any atom is 0.271 e. The number of piperidine rings is 1. The summed E-state index contributed by atoms with van der Waals surface area (Å²) in [6.45, 7) is 1.18. The minimum absolute atomic E-state index is 0.00404. The van der Waals surface area contributed by atoms with Gasteiger partial charge in [-0.2, -0.15) is 0 Å². The molecule has 0 spiro atoms. The molecule has 1 unspecified atom stereocenters. The number of non-ortho nitro benzene ring substituents is 1.